The molecule has 0 bridgehead atoms. The summed E-state index contributed by atoms with van der Waals surface area (Å²) in [6.07, 6.45) is 1.60. The fourth-order valence-corrected chi connectivity index (χ4v) is 1.49. The van der Waals surface area contributed by atoms with Crippen molar-refractivity contribution in [1.29, 1.82) is 0 Å². The van der Waals surface area contributed by atoms with E-state index in [1.807, 2.05) is 0 Å². The maximum Gasteiger partial charge on any atom is 0.404 e. The van der Waals surface area contributed by atoms with Gasteiger partial charge < -0.3 is 4.74 Å². The summed E-state index contributed by atoms with van der Waals surface area (Å²) in [6, 6.07) is 6.95. The molecular formula is C9H9ClO3S. The second kappa shape index (κ2) is 5.12. The predicted octanol–water partition coefficient (Wildman–Crippen LogP) is 2.30. The van der Waals surface area contributed by atoms with Crippen molar-refractivity contribution < 1.29 is 13.7 Å². The van der Waals surface area contributed by atoms with Crippen LogP contribution in [0.3, 0.4) is 0 Å². The molecule has 5 heteroatoms. The third kappa shape index (κ3) is 3.47. The van der Waals surface area contributed by atoms with Crippen molar-refractivity contribution in [3.8, 4) is 0 Å². The van der Waals surface area contributed by atoms with Crippen molar-refractivity contribution in [2.45, 2.75) is 11.5 Å². The third-order valence-corrected chi connectivity index (χ3v) is 2.65. The van der Waals surface area contributed by atoms with E-state index in [1.54, 1.807) is 30.5 Å². The minimum atomic E-state index is -0.984. The highest BCUT2D eigenvalue weighted by Crippen LogP contribution is 2.09. The van der Waals surface area contributed by atoms with E-state index in [0.717, 1.165) is 10.5 Å². The average Bonchev–Trinajstić information content (AvgIpc) is 2.15. The van der Waals surface area contributed by atoms with E-state index in [2.05, 4.69) is 4.74 Å². The summed E-state index contributed by atoms with van der Waals surface area (Å²) < 4.78 is 15.6. The SMILES string of the molecule is CS(=O)c1ccc(COC(=O)Cl)cc1. The van der Waals surface area contributed by atoms with E-state index >= 15 is 0 Å². The van der Waals surface area contributed by atoms with Crippen LogP contribution in [0.15, 0.2) is 29.2 Å². The van der Waals surface area contributed by atoms with Crippen molar-refractivity contribution in [2.24, 2.45) is 0 Å². The second-order valence-corrected chi connectivity index (χ2v) is 4.31. The van der Waals surface area contributed by atoms with Gasteiger partial charge in [0, 0.05) is 33.6 Å². The van der Waals surface area contributed by atoms with Crippen molar-refractivity contribution >= 4 is 27.8 Å². The molecule has 0 fully saturated rings. The van der Waals surface area contributed by atoms with Gasteiger partial charge in [0.05, 0.1) is 0 Å². The van der Waals surface area contributed by atoms with Crippen LogP contribution in [0.25, 0.3) is 0 Å². The Labute approximate surface area is 89.5 Å². The smallest absolute Gasteiger partial charge is 0.404 e. The molecule has 1 unspecified atom stereocenters. The lowest BCUT2D eigenvalue weighted by Gasteiger charge is -2.01. The Balaban J connectivity index is 2.64. The zero-order valence-electron chi connectivity index (χ0n) is 7.53. The van der Waals surface area contributed by atoms with E-state index in [4.69, 9.17) is 11.6 Å². The second-order valence-electron chi connectivity index (χ2n) is 2.62. The zero-order valence-corrected chi connectivity index (χ0v) is 9.10. The molecule has 76 valence electrons. The van der Waals surface area contributed by atoms with Crippen LogP contribution >= 0.6 is 11.6 Å². The highest BCUT2D eigenvalue weighted by Gasteiger charge is 2.00. The first-order valence-electron chi connectivity index (χ1n) is 3.84. The van der Waals surface area contributed by atoms with Crippen molar-refractivity contribution in [2.75, 3.05) is 6.26 Å². The summed E-state index contributed by atoms with van der Waals surface area (Å²) in [5.41, 5.74) is -0.0126. The van der Waals surface area contributed by atoms with Gasteiger partial charge in [-0.05, 0) is 17.7 Å². The van der Waals surface area contributed by atoms with Crippen molar-refractivity contribution in [3.05, 3.63) is 29.8 Å². The summed E-state index contributed by atoms with van der Waals surface area (Å²) >= 11 is 5.00. The lowest BCUT2D eigenvalue weighted by molar-refractivity contribution is 0.167. The van der Waals surface area contributed by atoms with Gasteiger partial charge in [-0.1, -0.05) is 12.1 Å². The van der Waals surface area contributed by atoms with Crippen molar-refractivity contribution in [1.82, 2.24) is 0 Å². The Morgan fingerprint density at radius 1 is 1.43 bits per heavy atom. The van der Waals surface area contributed by atoms with Crippen LogP contribution in [0.5, 0.6) is 0 Å². The minimum Gasteiger partial charge on any atom is -0.449 e. The molecule has 0 spiro atoms. The van der Waals surface area contributed by atoms with Gasteiger partial charge in [0.2, 0.25) is 0 Å². The number of ether oxygens (including phenoxy) is 1. The minimum absolute atomic E-state index is 0.138. The number of hydrogen-bond acceptors (Lipinski definition) is 3. The van der Waals surface area contributed by atoms with Crippen molar-refractivity contribution in [3.63, 3.8) is 0 Å². The first-order chi connectivity index (χ1) is 6.59. The van der Waals surface area contributed by atoms with E-state index in [-0.39, 0.29) is 6.61 Å². The van der Waals surface area contributed by atoms with Crippen LogP contribution in [0, 0.1) is 0 Å². The summed E-state index contributed by atoms with van der Waals surface area (Å²) in [6.45, 7) is 0.138. The number of hydrogen-bond donors (Lipinski definition) is 0. The maximum atomic E-state index is 11.0. The van der Waals surface area contributed by atoms with Gasteiger partial charge in [0.25, 0.3) is 0 Å². The topological polar surface area (TPSA) is 43.4 Å². The molecule has 3 nitrogen and oxygen atoms in total. The normalized spacial score (nSPS) is 12.1. The zero-order chi connectivity index (χ0) is 10.6. The van der Waals surface area contributed by atoms with Crippen LogP contribution in [0.1, 0.15) is 5.56 Å². The van der Waals surface area contributed by atoms with Gasteiger partial charge in [-0.2, -0.15) is 0 Å². The molecule has 0 radical (unpaired) electrons. The third-order valence-electron chi connectivity index (χ3n) is 1.61. The predicted molar refractivity (Wildman–Crippen MR) is 54.8 cm³/mol. The Morgan fingerprint density at radius 3 is 2.43 bits per heavy atom. The van der Waals surface area contributed by atoms with Gasteiger partial charge in [-0.3, -0.25) is 4.21 Å². The van der Waals surface area contributed by atoms with Gasteiger partial charge in [0.1, 0.15) is 6.61 Å². The van der Waals surface area contributed by atoms with E-state index in [1.165, 1.54) is 0 Å². The van der Waals surface area contributed by atoms with E-state index < -0.39 is 16.2 Å². The van der Waals surface area contributed by atoms with Gasteiger partial charge in [-0.15, -0.1) is 0 Å². The lowest BCUT2D eigenvalue weighted by Crippen LogP contribution is -1.95. The van der Waals surface area contributed by atoms with E-state index in [0.29, 0.717) is 0 Å². The molecule has 0 N–H and O–H groups in total. The molecule has 0 aliphatic rings. The number of benzene rings is 1. The summed E-state index contributed by atoms with van der Waals surface area (Å²) in [5.74, 6) is 0. The Kier molecular flexibility index (Phi) is 4.10. The number of carbonyl (C=O) groups excluding carboxylic acids is 1. The van der Waals surface area contributed by atoms with Crippen LogP contribution in [0.2, 0.25) is 0 Å². The monoisotopic (exact) mass is 232 g/mol. The van der Waals surface area contributed by atoms with Crippen LogP contribution in [-0.4, -0.2) is 15.9 Å². The average molecular weight is 233 g/mol. The van der Waals surface area contributed by atoms with Gasteiger partial charge in [0.15, 0.2) is 0 Å². The van der Waals surface area contributed by atoms with Crippen LogP contribution in [0.4, 0.5) is 4.79 Å². The number of rotatable bonds is 3. The standard InChI is InChI=1S/C9H9ClO3S/c1-14(12)8-4-2-7(3-5-8)6-13-9(10)11/h2-5H,6H2,1H3. The summed E-state index contributed by atoms with van der Waals surface area (Å²) in [7, 11) is -0.984. The van der Waals surface area contributed by atoms with Crippen LogP contribution in [-0.2, 0) is 22.1 Å². The summed E-state index contributed by atoms with van der Waals surface area (Å²) in [4.78, 5) is 11.0. The number of halogens is 1. The molecular weight excluding hydrogens is 224 g/mol. The molecule has 1 rings (SSSR count). The van der Waals surface area contributed by atoms with Gasteiger partial charge in [-0.25, -0.2) is 4.79 Å². The van der Waals surface area contributed by atoms with Crippen LogP contribution < -0.4 is 0 Å². The highest BCUT2D eigenvalue weighted by atomic mass is 35.5. The first kappa shape index (κ1) is 11.2. The maximum absolute atomic E-state index is 11.0. The Hall–Kier alpha value is -0.870. The fourth-order valence-electron chi connectivity index (χ4n) is 0.917. The Morgan fingerprint density at radius 2 is 2.00 bits per heavy atom. The molecule has 0 saturated carbocycles. The van der Waals surface area contributed by atoms with E-state index in [9.17, 15) is 9.00 Å². The first-order valence-corrected chi connectivity index (χ1v) is 5.78. The molecule has 0 saturated heterocycles. The Bertz CT molecular complexity index is 348. The fraction of sp³-hybridized carbons (Fsp3) is 0.222. The molecule has 14 heavy (non-hydrogen) atoms. The molecule has 1 aromatic carbocycles. The molecule has 1 aromatic rings. The van der Waals surface area contributed by atoms with Gasteiger partial charge >= 0.3 is 5.43 Å². The molecule has 0 aliphatic heterocycles. The molecule has 0 aliphatic carbocycles. The molecule has 0 aromatic heterocycles. The number of carbonyl (C=O) groups is 1. The lowest BCUT2D eigenvalue weighted by atomic mass is 10.2. The summed E-state index contributed by atoms with van der Waals surface area (Å²) in [5, 5.41) is 0. The largest absolute Gasteiger partial charge is 0.449 e. The quantitative estimate of drug-likeness (QED) is 0.751. The molecule has 0 amide bonds. The molecule has 0 heterocycles. The highest BCUT2D eigenvalue weighted by molar-refractivity contribution is 7.84. The molecule has 1 atom stereocenters.